The van der Waals surface area contributed by atoms with Crippen molar-refractivity contribution in [2.45, 2.75) is 13.0 Å². The zero-order valence-corrected chi connectivity index (χ0v) is 12.1. The smallest absolute Gasteiger partial charge is 0.123 e. The summed E-state index contributed by atoms with van der Waals surface area (Å²) in [6.45, 7) is 6.78. The molecule has 0 aliphatic carbocycles. The highest BCUT2D eigenvalue weighted by molar-refractivity contribution is 5.39. The molecule has 1 aliphatic heterocycles. The lowest BCUT2D eigenvalue weighted by Crippen LogP contribution is -2.41. The van der Waals surface area contributed by atoms with Crippen LogP contribution in [0.4, 0.5) is 0 Å². The number of hydrogen-bond acceptors (Lipinski definition) is 4. The van der Waals surface area contributed by atoms with E-state index < -0.39 is 0 Å². The molecule has 0 aromatic heterocycles. The Morgan fingerprint density at radius 3 is 2.74 bits per heavy atom. The van der Waals surface area contributed by atoms with Gasteiger partial charge >= 0.3 is 0 Å². The van der Waals surface area contributed by atoms with Gasteiger partial charge in [0.25, 0.3) is 0 Å². The van der Waals surface area contributed by atoms with Crippen LogP contribution >= 0.6 is 0 Å². The molecule has 1 aliphatic rings. The molecule has 4 nitrogen and oxygen atoms in total. The van der Waals surface area contributed by atoms with E-state index in [0.717, 1.165) is 38.6 Å². The molecule has 2 rings (SSSR count). The van der Waals surface area contributed by atoms with Gasteiger partial charge in [0.15, 0.2) is 0 Å². The Labute approximate surface area is 115 Å². The summed E-state index contributed by atoms with van der Waals surface area (Å²) >= 11 is 0. The Bertz CT molecular complexity index is 403. The number of likely N-dealkylation sites (N-methyl/N-ethyl adjacent to an activating group) is 1. The van der Waals surface area contributed by atoms with E-state index in [9.17, 15) is 0 Å². The summed E-state index contributed by atoms with van der Waals surface area (Å²) in [7, 11) is 3.74. The lowest BCUT2D eigenvalue weighted by atomic mass is 10.0. The van der Waals surface area contributed by atoms with Gasteiger partial charge in [-0.1, -0.05) is 17.7 Å². The average Bonchev–Trinajstić information content (AvgIpc) is 2.46. The summed E-state index contributed by atoms with van der Waals surface area (Å²) in [6.07, 6.45) is 0. The summed E-state index contributed by atoms with van der Waals surface area (Å²) in [6, 6.07) is 6.63. The number of methoxy groups -OCH3 is 1. The summed E-state index contributed by atoms with van der Waals surface area (Å²) in [5.74, 6) is 0.957. The number of morpholine rings is 1. The predicted octanol–water partition coefficient (Wildman–Crippen LogP) is 1.60. The second-order valence-corrected chi connectivity index (χ2v) is 5.00. The fourth-order valence-corrected chi connectivity index (χ4v) is 2.51. The minimum Gasteiger partial charge on any atom is -0.496 e. The summed E-state index contributed by atoms with van der Waals surface area (Å²) in [5, 5.41) is 3.41. The van der Waals surface area contributed by atoms with Crippen LogP contribution in [-0.2, 0) is 4.74 Å². The Morgan fingerprint density at radius 1 is 1.37 bits per heavy atom. The molecule has 1 fully saturated rings. The fourth-order valence-electron chi connectivity index (χ4n) is 2.51. The van der Waals surface area contributed by atoms with E-state index in [2.05, 4.69) is 29.3 Å². The van der Waals surface area contributed by atoms with Crippen molar-refractivity contribution in [1.29, 1.82) is 0 Å². The maximum absolute atomic E-state index is 5.49. The van der Waals surface area contributed by atoms with Crippen molar-refractivity contribution >= 4 is 0 Å². The minimum atomic E-state index is 0.285. The first kappa shape index (κ1) is 14.3. The third-order valence-corrected chi connectivity index (χ3v) is 3.65. The van der Waals surface area contributed by atoms with Crippen LogP contribution in [0, 0.1) is 6.92 Å². The van der Waals surface area contributed by atoms with Gasteiger partial charge in [-0.15, -0.1) is 0 Å². The molecule has 0 bridgehead atoms. The van der Waals surface area contributed by atoms with Gasteiger partial charge in [-0.2, -0.15) is 0 Å². The first-order valence-corrected chi connectivity index (χ1v) is 6.86. The molecular formula is C15H24N2O2. The van der Waals surface area contributed by atoms with Crippen LogP contribution in [0.2, 0.25) is 0 Å². The van der Waals surface area contributed by atoms with Crippen molar-refractivity contribution in [2.75, 3.05) is 47.0 Å². The second-order valence-electron chi connectivity index (χ2n) is 5.00. The molecule has 1 unspecified atom stereocenters. The number of aryl methyl sites for hydroxylation is 1. The topological polar surface area (TPSA) is 33.7 Å². The molecule has 1 N–H and O–H groups in total. The van der Waals surface area contributed by atoms with Gasteiger partial charge in [0, 0.05) is 31.2 Å². The maximum atomic E-state index is 5.49. The molecule has 1 aromatic carbocycles. The van der Waals surface area contributed by atoms with Gasteiger partial charge in [-0.3, -0.25) is 4.90 Å². The van der Waals surface area contributed by atoms with Crippen molar-refractivity contribution in [3.05, 3.63) is 29.3 Å². The lowest BCUT2D eigenvalue weighted by molar-refractivity contribution is 0.0337. The number of ether oxygens (including phenoxy) is 2. The highest BCUT2D eigenvalue weighted by atomic mass is 16.5. The zero-order valence-electron chi connectivity index (χ0n) is 12.1. The van der Waals surface area contributed by atoms with Gasteiger partial charge in [-0.05, 0) is 20.0 Å². The van der Waals surface area contributed by atoms with Crippen molar-refractivity contribution in [1.82, 2.24) is 10.2 Å². The van der Waals surface area contributed by atoms with Crippen molar-refractivity contribution in [2.24, 2.45) is 0 Å². The Hall–Kier alpha value is -1.10. The number of nitrogens with one attached hydrogen (secondary N) is 1. The van der Waals surface area contributed by atoms with Crippen LogP contribution in [0.15, 0.2) is 18.2 Å². The lowest BCUT2D eigenvalue weighted by Gasteiger charge is -2.31. The van der Waals surface area contributed by atoms with E-state index in [0.29, 0.717) is 0 Å². The van der Waals surface area contributed by atoms with Crippen LogP contribution in [0.25, 0.3) is 0 Å². The van der Waals surface area contributed by atoms with Gasteiger partial charge in [0.1, 0.15) is 5.75 Å². The molecule has 0 radical (unpaired) electrons. The van der Waals surface area contributed by atoms with E-state index in [1.165, 1.54) is 11.1 Å². The van der Waals surface area contributed by atoms with Gasteiger partial charge in [-0.25, -0.2) is 0 Å². The largest absolute Gasteiger partial charge is 0.496 e. The monoisotopic (exact) mass is 264 g/mol. The summed E-state index contributed by atoms with van der Waals surface area (Å²) in [4.78, 5) is 2.44. The first-order chi connectivity index (χ1) is 9.24. The SMILES string of the molecule is CNC(CN1CCOCC1)c1cc(C)ccc1OC. The van der Waals surface area contributed by atoms with Crippen LogP contribution in [0.5, 0.6) is 5.75 Å². The van der Waals surface area contributed by atoms with Crippen LogP contribution in [0.1, 0.15) is 17.2 Å². The van der Waals surface area contributed by atoms with E-state index >= 15 is 0 Å². The van der Waals surface area contributed by atoms with Gasteiger partial charge < -0.3 is 14.8 Å². The molecule has 0 spiro atoms. The Kier molecular flexibility index (Phi) is 5.19. The normalized spacial score (nSPS) is 18.3. The zero-order chi connectivity index (χ0) is 13.7. The third kappa shape index (κ3) is 3.69. The molecule has 4 heteroatoms. The highest BCUT2D eigenvalue weighted by Crippen LogP contribution is 2.27. The van der Waals surface area contributed by atoms with Crippen LogP contribution < -0.4 is 10.1 Å². The number of benzene rings is 1. The number of hydrogen-bond donors (Lipinski definition) is 1. The molecular weight excluding hydrogens is 240 g/mol. The van der Waals surface area contributed by atoms with Crippen molar-refractivity contribution in [3.63, 3.8) is 0 Å². The first-order valence-electron chi connectivity index (χ1n) is 6.86. The van der Waals surface area contributed by atoms with Gasteiger partial charge in [0.05, 0.1) is 20.3 Å². The Balaban J connectivity index is 2.13. The molecule has 1 aromatic rings. The minimum absolute atomic E-state index is 0.285. The number of rotatable bonds is 5. The van der Waals surface area contributed by atoms with E-state index in [1.807, 2.05) is 13.1 Å². The second kappa shape index (κ2) is 6.89. The van der Waals surface area contributed by atoms with Crippen molar-refractivity contribution in [3.8, 4) is 5.75 Å². The maximum Gasteiger partial charge on any atom is 0.123 e. The molecule has 1 atom stereocenters. The highest BCUT2D eigenvalue weighted by Gasteiger charge is 2.19. The Morgan fingerprint density at radius 2 is 2.11 bits per heavy atom. The van der Waals surface area contributed by atoms with Crippen LogP contribution in [-0.4, -0.2) is 51.9 Å². The fraction of sp³-hybridized carbons (Fsp3) is 0.600. The van der Waals surface area contributed by atoms with E-state index in [-0.39, 0.29) is 6.04 Å². The summed E-state index contributed by atoms with van der Waals surface area (Å²) in [5.41, 5.74) is 2.49. The van der Waals surface area contributed by atoms with Gasteiger partial charge in [0.2, 0.25) is 0 Å². The van der Waals surface area contributed by atoms with E-state index in [1.54, 1.807) is 7.11 Å². The molecule has 0 amide bonds. The quantitative estimate of drug-likeness (QED) is 0.876. The molecule has 106 valence electrons. The third-order valence-electron chi connectivity index (χ3n) is 3.65. The molecule has 1 saturated heterocycles. The standard InChI is InChI=1S/C15H24N2O2/c1-12-4-5-15(18-3)13(10-12)14(16-2)11-17-6-8-19-9-7-17/h4-5,10,14,16H,6-9,11H2,1-3H3. The molecule has 19 heavy (non-hydrogen) atoms. The van der Waals surface area contributed by atoms with Crippen LogP contribution in [0.3, 0.4) is 0 Å². The van der Waals surface area contributed by atoms with Crippen molar-refractivity contribution < 1.29 is 9.47 Å². The van der Waals surface area contributed by atoms with E-state index in [4.69, 9.17) is 9.47 Å². The number of nitrogens with zero attached hydrogens (tertiary/aromatic N) is 1. The average molecular weight is 264 g/mol. The predicted molar refractivity (Wildman–Crippen MR) is 76.8 cm³/mol. The molecule has 0 saturated carbocycles. The summed E-state index contributed by atoms with van der Waals surface area (Å²) < 4.78 is 10.9. The molecule has 1 heterocycles.